The minimum atomic E-state index is 0.516. The first-order chi connectivity index (χ1) is 9.33. The Kier molecular flexibility index (Phi) is 5.65. The normalized spacial score (nSPS) is 18.7. The summed E-state index contributed by atoms with van der Waals surface area (Å²) in [5.74, 6) is 0.553. The van der Waals surface area contributed by atoms with Gasteiger partial charge in [0, 0.05) is 12.0 Å². The zero-order valence-corrected chi connectivity index (χ0v) is 12.4. The number of allylic oxidation sites excluding steroid dienone is 1. The van der Waals surface area contributed by atoms with Crippen LogP contribution in [0.15, 0.2) is 42.0 Å². The Labute approximate surface area is 118 Å². The van der Waals surface area contributed by atoms with E-state index in [9.17, 15) is 0 Å². The molecule has 1 nitrogen and oxygen atoms in total. The highest BCUT2D eigenvalue weighted by atomic mass is 14.9. The van der Waals surface area contributed by atoms with Crippen LogP contribution in [-0.2, 0) is 0 Å². The van der Waals surface area contributed by atoms with Crippen molar-refractivity contribution in [2.45, 2.75) is 57.9 Å². The first-order valence-electron chi connectivity index (χ1n) is 7.80. The van der Waals surface area contributed by atoms with E-state index in [1.54, 1.807) is 5.57 Å². The Bertz CT molecular complexity index is 393. The zero-order valence-electron chi connectivity index (χ0n) is 12.4. The maximum atomic E-state index is 3.77. The van der Waals surface area contributed by atoms with Crippen molar-refractivity contribution < 1.29 is 0 Å². The summed E-state index contributed by atoms with van der Waals surface area (Å²) in [4.78, 5) is 0. The quantitative estimate of drug-likeness (QED) is 0.731. The van der Waals surface area contributed by atoms with Gasteiger partial charge in [-0.1, -0.05) is 55.8 Å². The van der Waals surface area contributed by atoms with Gasteiger partial charge in [0.05, 0.1) is 0 Å². The summed E-state index contributed by atoms with van der Waals surface area (Å²) in [6.45, 7) is 5.71. The van der Waals surface area contributed by atoms with E-state index < -0.39 is 0 Å². The lowest BCUT2D eigenvalue weighted by atomic mass is 9.83. The molecule has 0 saturated carbocycles. The molecule has 1 aromatic rings. The molecule has 19 heavy (non-hydrogen) atoms. The fourth-order valence-electron chi connectivity index (χ4n) is 3.02. The molecule has 0 radical (unpaired) electrons. The van der Waals surface area contributed by atoms with Crippen molar-refractivity contribution >= 4 is 0 Å². The van der Waals surface area contributed by atoms with Crippen LogP contribution >= 0.6 is 0 Å². The molecular formula is C18H27N. The molecule has 1 heteroatoms. The Morgan fingerprint density at radius 3 is 2.58 bits per heavy atom. The topological polar surface area (TPSA) is 12.0 Å². The second-order valence-electron chi connectivity index (χ2n) is 5.66. The third-order valence-corrected chi connectivity index (χ3v) is 4.17. The van der Waals surface area contributed by atoms with Crippen LogP contribution in [0.4, 0.5) is 0 Å². The minimum Gasteiger partial charge on any atom is -0.310 e. The molecule has 2 unspecified atom stereocenters. The van der Waals surface area contributed by atoms with Crippen molar-refractivity contribution in [1.82, 2.24) is 5.32 Å². The Morgan fingerprint density at radius 1 is 1.16 bits per heavy atom. The fraction of sp³-hybridized carbons (Fsp3) is 0.556. The van der Waals surface area contributed by atoms with E-state index >= 15 is 0 Å². The average molecular weight is 257 g/mol. The van der Waals surface area contributed by atoms with E-state index in [1.807, 2.05) is 0 Å². The van der Waals surface area contributed by atoms with Crippen LogP contribution in [0.3, 0.4) is 0 Å². The van der Waals surface area contributed by atoms with E-state index in [1.165, 1.54) is 37.7 Å². The number of hydrogen-bond donors (Lipinski definition) is 1. The van der Waals surface area contributed by atoms with Gasteiger partial charge in [0.25, 0.3) is 0 Å². The van der Waals surface area contributed by atoms with Crippen molar-refractivity contribution in [2.75, 3.05) is 6.54 Å². The van der Waals surface area contributed by atoms with Crippen LogP contribution in [0.25, 0.3) is 0 Å². The molecule has 1 aliphatic rings. The van der Waals surface area contributed by atoms with E-state index in [2.05, 4.69) is 55.6 Å². The van der Waals surface area contributed by atoms with Gasteiger partial charge in [-0.2, -0.15) is 0 Å². The molecule has 0 aliphatic heterocycles. The Hall–Kier alpha value is -1.08. The van der Waals surface area contributed by atoms with Crippen molar-refractivity contribution in [3.63, 3.8) is 0 Å². The first-order valence-corrected chi connectivity index (χ1v) is 7.80. The molecule has 0 bridgehead atoms. The fourth-order valence-corrected chi connectivity index (χ4v) is 3.02. The second-order valence-corrected chi connectivity index (χ2v) is 5.66. The van der Waals surface area contributed by atoms with E-state index in [4.69, 9.17) is 0 Å². The van der Waals surface area contributed by atoms with Gasteiger partial charge in [0.2, 0.25) is 0 Å². The van der Waals surface area contributed by atoms with Crippen molar-refractivity contribution in [3.8, 4) is 0 Å². The summed E-state index contributed by atoms with van der Waals surface area (Å²) >= 11 is 0. The predicted octanol–water partition coefficient (Wildman–Crippen LogP) is 4.66. The van der Waals surface area contributed by atoms with Crippen LogP contribution in [0.5, 0.6) is 0 Å². The van der Waals surface area contributed by atoms with E-state index in [0.717, 1.165) is 6.54 Å². The van der Waals surface area contributed by atoms with Crippen molar-refractivity contribution in [2.24, 2.45) is 0 Å². The Morgan fingerprint density at radius 2 is 1.95 bits per heavy atom. The van der Waals surface area contributed by atoms with Gasteiger partial charge in [0.15, 0.2) is 0 Å². The summed E-state index contributed by atoms with van der Waals surface area (Å²) in [7, 11) is 0. The largest absolute Gasteiger partial charge is 0.310 e. The highest BCUT2D eigenvalue weighted by Crippen LogP contribution is 2.29. The SMILES string of the molecule is CCCNC(C1=CCCCC1)C(C)c1ccccc1. The first kappa shape index (κ1) is 14.3. The van der Waals surface area contributed by atoms with Gasteiger partial charge in [-0.25, -0.2) is 0 Å². The summed E-state index contributed by atoms with van der Waals surface area (Å²) in [6.07, 6.45) is 8.95. The predicted molar refractivity (Wildman–Crippen MR) is 83.5 cm³/mol. The Balaban J connectivity index is 2.14. The van der Waals surface area contributed by atoms with Crippen LogP contribution in [-0.4, -0.2) is 12.6 Å². The number of hydrogen-bond acceptors (Lipinski definition) is 1. The molecule has 0 amide bonds. The van der Waals surface area contributed by atoms with E-state index in [-0.39, 0.29) is 0 Å². The maximum absolute atomic E-state index is 3.77. The van der Waals surface area contributed by atoms with E-state index in [0.29, 0.717) is 12.0 Å². The van der Waals surface area contributed by atoms with Crippen LogP contribution in [0, 0.1) is 0 Å². The van der Waals surface area contributed by atoms with Crippen molar-refractivity contribution in [1.29, 1.82) is 0 Å². The number of rotatable bonds is 6. The molecular weight excluding hydrogens is 230 g/mol. The second kappa shape index (κ2) is 7.49. The molecule has 0 fully saturated rings. The minimum absolute atomic E-state index is 0.516. The third-order valence-electron chi connectivity index (χ3n) is 4.17. The van der Waals surface area contributed by atoms with Gasteiger partial charge in [0.1, 0.15) is 0 Å². The molecule has 104 valence electrons. The maximum Gasteiger partial charge on any atom is 0.0345 e. The summed E-state index contributed by atoms with van der Waals surface area (Å²) < 4.78 is 0. The monoisotopic (exact) mass is 257 g/mol. The highest BCUT2D eigenvalue weighted by Gasteiger charge is 2.22. The lowest BCUT2D eigenvalue weighted by Crippen LogP contribution is -2.36. The average Bonchev–Trinajstić information content (AvgIpc) is 2.49. The molecule has 1 N–H and O–H groups in total. The highest BCUT2D eigenvalue weighted by molar-refractivity contribution is 5.26. The third kappa shape index (κ3) is 3.94. The zero-order chi connectivity index (χ0) is 13.5. The lowest BCUT2D eigenvalue weighted by molar-refractivity contribution is 0.474. The summed E-state index contributed by atoms with van der Waals surface area (Å²) in [5, 5.41) is 3.77. The van der Waals surface area contributed by atoms with Gasteiger partial charge in [-0.05, 0) is 44.2 Å². The number of nitrogens with one attached hydrogen (secondary N) is 1. The molecule has 1 aromatic carbocycles. The molecule has 2 rings (SSSR count). The molecule has 2 atom stereocenters. The molecule has 0 aromatic heterocycles. The molecule has 1 aliphatic carbocycles. The van der Waals surface area contributed by atoms with Gasteiger partial charge >= 0.3 is 0 Å². The summed E-state index contributed by atoms with van der Waals surface area (Å²) in [6, 6.07) is 11.4. The molecule has 0 saturated heterocycles. The lowest BCUT2D eigenvalue weighted by Gasteiger charge is -2.30. The van der Waals surface area contributed by atoms with Gasteiger partial charge in [-0.3, -0.25) is 0 Å². The van der Waals surface area contributed by atoms with Gasteiger partial charge < -0.3 is 5.32 Å². The van der Waals surface area contributed by atoms with Crippen LogP contribution in [0.2, 0.25) is 0 Å². The summed E-state index contributed by atoms with van der Waals surface area (Å²) in [5.41, 5.74) is 3.08. The van der Waals surface area contributed by atoms with Crippen LogP contribution < -0.4 is 5.32 Å². The van der Waals surface area contributed by atoms with Crippen LogP contribution in [0.1, 0.15) is 57.4 Å². The molecule has 0 spiro atoms. The standard InChI is InChI=1S/C18H27N/c1-3-14-19-18(17-12-8-5-9-13-17)15(2)16-10-6-4-7-11-16/h4,6-7,10-12,15,18-19H,3,5,8-9,13-14H2,1-2H3. The number of benzene rings is 1. The van der Waals surface area contributed by atoms with Gasteiger partial charge in [-0.15, -0.1) is 0 Å². The smallest absolute Gasteiger partial charge is 0.0345 e. The molecule has 0 heterocycles. The van der Waals surface area contributed by atoms with Crippen molar-refractivity contribution in [3.05, 3.63) is 47.5 Å².